The topological polar surface area (TPSA) is 28.3 Å². The largest absolute Gasteiger partial charge is 0.488 e. The molecule has 0 spiro atoms. The summed E-state index contributed by atoms with van der Waals surface area (Å²) in [5.74, 6) is 0.652. The fraction of sp³-hybridized carbons (Fsp3) is 0.300. The SMILES string of the molecule is CN1CCc2[nH]c3c(Br)ccc(OCc4ccc(F)cc4)c3c2CC1. The number of fused-ring (bicyclic) bond motifs is 3. The van der Waals surface area contributed by atoms with Gasteiger partial charge in [-0.15, -0.1) is 0 Å². The molecule has 0 saturated heterocycles. The molecule has 0 atom stereocenters. The Bertz CT molecular complexity index is 904. The maximum atomic E-state index is 13.1. The van der Waals surface area contributed by atoms with E-state index in [0.717, 1.165) is 47.2 Å². The average Bonchev–Trinajstić information content (AvgIpc) is 2.89. The van der Waals surface area contributed by atoms with Gasteiger partial charge in [0.1, 0.15) is 18.2 Å². The molecule has 0 bridgehead atoms. The van der Waals surface area contributed by atoms with Crippen LogP contribution in [0.3, 0.4) is 0 Å². The summed E-state index contributed by atoms with van der Waals surface area (Å²) in [6.07, 6.45) is 2.03. The molecule has 1 aliphatic rings. The highest BCUT2D eigenvalue weighted by Gasteiger charge is 2.20. The molecule has 4 rings (SSSR count). The lowest BCUT2D eigenvalue weighted by molar-refractivity contribution is 0.309. The summed E-state index contributed by atoms with van der Waals surface area (Å²) in [4.78, 5) is 5.95. The van der Waals surface area contributed by atoms with E-state index in [0.29, 0.717) is 6.61 Å². The molecule has 0 radical (unpaired) electrons. The fourth-order valence-electron chi connectivity index (χ4n) is 3.43. The van der Waals surface area contributed by atoms with Gasteiger partial charge in [-0.3, -0.25) is 0 Å². The van der Waals surface area contributed by atoms with E-state index < -0.39 is 0 Å². The van der Waals surface area contributed by atoms with Crippen LogP contribution in [0.2, 0.25) is 0 Å². The van der Waals surface area contributed by atoms with Crippen molar-refractivity contribution in [3.05, 3.63) is 63.5 Å². The first-order valence-corrected chi connectivity index (χ1v) is 9.29. The summed E-state index contributed by atoms with van der Waals surface area (Å²) in [6.45, 7) is 2.53. The van der Waals surface area contributed by atoms with Crippen molar-refractivity contribution >= 4 is 26.8 Å². The summed E-state index contributed by atoms with van der Waals surface area (Å²) in [6, 6.07) is 10.5. The summed E-state index contributed by atoms with van der Waals surface area (Å²) >= 11 is 3.65. The van der Waals surface area contributed by atoms with E-state index in [9.17, 15) is 4.39 Å². The van der Waals surface area contributed by atoms with Gasteiger partial charge in [-0.25, -0.2) is 4.39 Å². The smallest absolute Gasteiger partial charge is 0.129 e. The highest BCUT2D eigenvalue weighted by atomic mass is 79.9. The second-order valence-electron chi connectivity index (χ2n) is 6.60. The van der Waals surface area contributed by atoms with Crippen LogP contribution in [0.4, 0.5) is 4.39 Å². The van der Waals surface area contributed by atoms with Gasteiger partial charge in [0.25, 0.3) is 0 Å². The first-order valence-electron chi connectivity index (χ1n) is 8.49. The molecule has 0 aliphatic carbocycles. The normalized spacial score (nSPS) is 15.2. The van der Waals surface area contributed by atoms with Gasteiger partial charge < -0.3 is 14.6 Å². The third-order valence-corrected chi connectivity index (χ3v) is 5.51. The predicted octanol–water partition coefficient (Wildman–Crippen LogP) is 4.68. The maximum Gasteiger partial charge on any atom is 0.129 e. The number of hydrogen-bond acceptors (Lipinski definition) is 2. The van der Waals surface area contributed by atoms with Gasteiger partial charge in [-0.05, 0) is 64.8 Å². The molecule has 0 saturated carbocycles. The molecule has 0 amide bonds. The lowest BCUT2D eigenvalue weighted by Gasteiger charge is -2.13. The molecule has 0 unspecified atom stereocenters. The highest BCUT2D eigenvalue weighted by molar-refractivity contribution is 9.10. The number of rotatable bonds is 3. The third kappa shape index (κ3) is 3.31. The number of likely N-dealkylation sites (N-methyl/N-ethyl adjacent to an activating group) is 1. The first kappa shape index (κ1) is 16.6. The fourth-order valence-corrected chi connectivity index (χ4v) is 3.86. The van der Waals surface area contributed by atoms with Crippen molar-refractivity contribution in [2.75, 3.05) is 20.1 Å². The number of ether oxygens (including phenoxy) is 1. The van der Waals surface area contributed by atoms with Crippen molar-refractivity contribution in [2.45, 2.75) is 19.4 Å². The predicted molar refractivity (Wildman–Crippen MR) is 102 cm³/mol. The number of H-pyrrole nitrogens is 1. The molecule has 2 heterocycles. The second kappa shape index (κ2) is 6.81. The van der Waals surface area contributed by atoms with Crippen molar-refractivity contribution in [1.82, 2.24) is 9.88 Å². The van der Waals surface area contributed by atoms with E-state index in [1.807, 2.05) is 12.1 Å². The van der Waals surface area contributed by atoms with Gasteiger partial charge in [0.05, 0.1) is 5.52 Å². The lowest BCUT2D eigenvalue weighted by Crippen LogP contribution is -2.21. The molecule has 2 aromatic carbocycles. The van der Waals surface area contributed by atoms with Crippen LogP contribution in [-0.4, -0.2) is 30.0 Å². The van der Waals surface area contributed by atoms with Crippen molar-refractivity contribution < 1.29 is 9.13 Å². The van der Waals surface area contributed by atoms with Gasteiger partial charge in [0.15, 0.2) is 0 Å². The Labute approximate surface area is 154 Å². The molecule has 1 N–H and O–H groups in total. The van der Waals surface area contributed by atoms with Crippen molar-refractivity contribution in [2.24, 2.45) is 0 Å². The molecular weight excluding hydrogens is 383 g/mol. The second-order valence-corrected chi connectivity index (χ2v) is 7.45. The van der Waals surface area contributed by atoms with E-state index in [-0.39, 0.29) is 5.82 Å². The molecule has 3 nitrogen and oxygen atoms in total. The Hall–Kier alpha value is -1.85. The number of benzene rings is 2. The van der Waals surface area contributed by atoms with Gasteiger partial charge in [0.2, 0.25) is 0 Å². The molecule has 3 aromatic rings. The number of halogens is 2. The molecule has 1 aromatic heterocycles. The van der Waals surface area contributed by atoms with Crippen molar-refractivity contribution in [3.63, 3.8) is 0 Å². The van der Waals surface area contributed by atoms with Gasteiger partial charge in [-0.1, -0.05) is 12.1 Å². The van der Waals surface area contributed by atoms with Crippen molar-refractivity contribution in [1.29, 1.82) is 0 Å². The summed E-state index contributed by atoms with van der Waals surface area (Å²) in [7, 11) is 2.16. The minimum Gasteiger partial charge on any atom is -0.488 e. The first-order chi connectivity index (χ1) is 12.1. The Morgan fingerprint density at radius 1 is 1.12 bits per heavy atom. The van der Waals surface area contributed by atoms with Crippen molar-refractivity contribution in [3.8, 4) is 5.75 Å². The summed E-state index contributed by atoms with van der Waals surface area (Å²) in [5, 5.41) is 1.17. The summed E-state index contributed by atoms with van der Waals surface area (Å²) < 4.78 is 20.2. The lowest BCUT2D eigenvalue weighted by atomic mass is 10.1. The molecule has 130 valence electrons. The number of nitrogens with one attached hydrogen (secondary N) is 1. The third-order valence-electron chi connectivity index (χ3n) is 4.85. The van der Waals surface area contributed by atoms with E-state index in [4.69, 9.17) is 4.74 Å². The Morgan fingerprint density at radius 3 is 2.68 bits per heavy atom. The van der Waals surface area contributed by atoms with E-state index in [1.54, 1.807) is 12.1 Å². The maximum absolute atomic E-state index is 13.1. The minimum absolute atomic E-state index is 0.227. The van der Waals surface area contributed by atoms with Crippen LogP contribution in [0, 0.1) is 5.82 Å². The summed E-state index contributed by atoms with van der Waals surface area (Å²) in [5.41, 5.74) is 4.72. The number of hydrogen-bond donors (Lipinski definition) is 1. The van der Waals surface area contributed by atoms with Crippen LogP contribution in [0.15, 0.2) is 40.9 Å². The van der Waals surface area contributed by atoms with E-state index in [1.165, 1.54) is 28.8 Å². The van der Waals surface area contributed by atoms with Crippen LogP contribution in [0.5, 0.6) is 5.75 Å². The zero-order valence-electron chi connectivity index (χ0n) is 14.1. The number of aromatic amines is 1. The highest BCUT2D eigenvalue weighted by Crippen LogP contribution is 2.37. The monoisotopic (exact) mass is 402 g/mol. The molecule has 1 aliphatic heterocycles. The molecule has 25 heavy (non-hydrogen) atoms. The van der Waals surface area contributed by atoms with Crippen LogP contribution >= 0.6 is 15.9 Å². The van der Waals surface area contributed by atoms with Gasteiger partial charge in [0, 0.05) is 35.1 Å². The Balaban J connectivity index is 1.70. The average molecular weight is 403 g/mol. The molecular formula is C20H20BrFN2O. The molecule has 5 heteroatoms. The Morgan fingerprint density at radius 2 is 1.88 bits per heavy atom. The van der Waals surface area contributed by atoms with Crippen LogP contribution in [-0.2, 0) is 19.4 Å². The number of nitrogens with zero attached hydrogens (tertiary/aromatic N) is 1. The van der Waals surface area contributed by atoms with E-state index >= 15 is 0 Å². The zero-order chi connectivity index (χ0) is 17.4. The zero-order valence-corrected chi connectivity index (χ0v) is 15.7. The van der Waals surface area contributed by atoms with Crippen LogP contribution < -0.4 is 4.74 Å². The van der Waals surface area contributed by atoms with Crippen LogP contribution in [0.1, 0.15) is 16.8 Å². The van der Waals surface area contributed by atoms with E-state index in [2.05, 4.69) is 32.9 Å². The quantitative estimate of drug-likeness (QED) is 0.688. The standard InChI is InChI=1S/C20H20BrFN2O/c1-24-10-8-15-17(9-11-24)23-20-16(21)6-7-18(19(15)20)25-12-13-2-4-14(22)5-3-13/h2-7,23H,8-12H2,1H3. The van der Waals surface area contributed by atoms with Gasteiger partial charge >= 0.3 is 0 Å². The van der Waals surface area contributed by atoms with Gasteiger partial charge in [-0.2, -0.15) is 0 Å². The number of aromatic nitrogens is 1. The Kier molecular flexibility index (Phi) is 4.52. The molecule has 0 fully saturated rings. The minimum atomic E-state index is -0.227. The van der Waals surface area contributed by atoms with Crippen LogP contribution in [0.25, 0.3) is 10.9 Å².